The second kappa shape index (κ2) is 11.0. The number of para-hydroxylation sites is 4. The highest BCUT2D eigenvalue weighted by Crippen LogP contribution is 2.47. The van der Waals surface area contributed by atoms with Gasteiger partial charge in [-0.3, -0.25) is 0 Å². The van der Waals surface area contributed by atoms with Gasteiger partial charge < -0.3 is 13.9 Å². The summed E-state index contributed by atoms with van der Waals surface area (Å²) in [5.74, 6) is 0. The average molecular weight is 627 g/mol. The molecule has 10 rings (SSSR count). The smallest absolute Gasteiger partial charge is 0.159 e. The molecule has 10 aromatic rings. The molecule has 0 spiro atoms. The molecule has 8 aromatic carbocycles. The highest BCUT2D eigenvalue weighted by Gasteiger charge is 2.23. The number of rotatable bonds is 5. The molecule has 230 valence electrons. The van der Waals surface area contributed by atoms with Crippen molar-refractivity contribution in [2.24, 2.45) is 0 Å². The Bertz CT molecular complexity index is 2830. The Kier molecular flexibility index (Phi) is 6.18. The molecule has 0 saturated carbocycles. The first-order chi connectivity index (χ1) is 24.3. The maximum Gasteiger partial charge on any atom is 0.159 e. The van der Waals surface area contributed by atoms with Crippen LogP contribution in [-0.2, 0) is 0 Å². The first kappa shape index (κ1) is 27.5. The molecule has 0 unspecified atom stereocenters. The van der Waals surface area contributed by atoms with Crippen molar-refractivity contribution in [3.8, 4) is 16.8 Å². The molecule has 0 saturated heterocycles. The molecule has 0 bridgehead atoms. The van der Waals surface area contributed by atoms with E-state index in [-0.39, 0.29) is 0 Å². The highest BCUT2D eigenvalue weighted by molar-refractivity contribution is 6.21. The van der Waals surface area contributed by atoms with Gasteiger partial charge in [0.15, 0.2) is 5.58 Å². The summed E-state index contributed by atoms with van der Waals surface area (Å²) >= 11 is 0. The number of benzene rings is 8. The summed E-state index contributed by atoms with van der Waals surface area (Å²) in [7, 11) is 0. The van der Waals surface area contributed by atoms with Crippen molar-refractivity contribution in [3.05, 3.63) is 182 Å². The minimum absolute atomic E-state index is 0.864. The van der Waals surface area contributed by atoms with Crippen LogP contribution in [0.2, 0.25) is 0 Å². The third kappa shape index (κ3) is 4.29. The second-order valence-electron chi connectivity index (χ2n) is 12.5. The molecule has 0 aliphatic rings. The zero-order valence-electron chi connectivity index (χ0n) is 26.6. The molecule has 3 heteroatoms. The largest absolute Gasteiger partial charge is 0.454 e. The summed E-state index contributed by atoms with van der Waals surface area (Å²) in [5.41, 5.74) is 10.7. The fourth-order valence-electron chi connectivity index (χ4n) is 7.62. The fraction of sp³-hybridized carbons (Fsp3) is 0. The highest BCUT2D eigenvalue weighted by atomic mass is 16.3. The zero-order chi connectivity index (χ0) is 32.3. The zero-order valence-corrected chi connectivity index (χ0v) is 26.6. The van der Waals surface area contributed by atoms with Crippen molar-refractivity contribution < 1.29 is 4.42 Å². The summed E-state index contributed by atoms with van der Waals surface area (Å²) in [5, 5.41) is 7.06. The van der Waals surface area contributed by atoms with Crippen molar-refractivity contribution in [1.29, 1.82) is 0 Å². The molecular formula is C46H30N2O. The Morgan fingerprint density at radius 2 is 1.12 bits per heavy atom. The minimum Gasteiger partial charge on any atom is -0.454 e. The molecule has 0 amide bonds. The van der Waals surface area contributed by atoms with Crippen LogP contribution in [0.3, 0.4) is 0 Å². The van der Waals surface area contributed by atoms with Crippen LogP contribution in [0.25, 0.3) is 71.3 Å². The van der Waals surface area contributed by atoms with E-state index in [1.165, 1.54) is 32.6 Å². The number of aromatic nitrogens is 1. The van der Waals surface area contributed by atoms with Gasteiger partial charge in [0.2, 0.25) is 0 Å². The monoisotopic (exact) mass is 626 g/mol. The summed E-state index contributed by atoms with van der Waals surface area (Å²) in [6.07, 6.45) is 0. The number of hydrogen-bond acceptors (Lipinski definition) is 2. The van der Waals surface area contributed by atoms with E-state index in [1.54, 1.807) is 0 Å². The number of anilines is 3. The lowest BCUT2D eigenvalue weighted by molar-refractivity contribution is 0.669. The molecule has 0 aliphatic heterocycles. The Balaban J connectivity index is 1.29. The average Bonchev–Trinajstić information content (AvgIpc) is 3.72. The van der Waals surface area contributed by atoms with Crippen LogP contribution in [0.4, 0.5) is 17.1 Å². The van der Waals surface area contributed by atoms with Gasteiger partial charge in [-0.15, -0.1) is 0 Å². The van der Waals surface area contributed by atoms with Crippen LogP contribution in [0.1, 0.15) is 0 Å². The summed E-state index contributed by atoms with van der Waals surface area (Å²) in [4.78, 5) is 2.38. The predicted molar refractivity (Wildman–Crippen MR) is 206 cm³/mol. The molecular weight excluding hydrogens is 597 g/mol. The van der Waals surface area contributed by atoms with Gasteiger partial charge in [0.05, 0.1) is 22.4 Å². The molecule has 0 aliphatic carbocycles. The van der Waals surface area contributed by atoms with Gasteiger partial charge in [0.1, 0.15) is 5.58 Å². The van der Waals surface area contributed by atoms with Crippen molar-refractivity contribution in [3.63, 3.8) is 0 Å². The van der Waals surface area contributed by atoms with Crippen LogP contribution >= 0.6 is 0 Å². The van der Waals surface area contributed by atoms with E-state index < -0.39 is 0 Å². The van der Waals surface area contributed by atoms with Crippen molar-refractivity contribution >= 4 is 71.6 Å². The molecule has 0 fully saturated rings. The Labute approximate surface area is 283 Å². The number of furan rings is 1. The van der Waals surface area contributed by atoms with Crippen LogP contribution in [0.15, 0.2) is 186 Å². The molecule has 0 atom stereocenters. The molecule has 2 heterocycles. The van der Waals surface area contributed by atoms with Crippen molar-refractivity contribution in [2.75, 3.05) is 4.90 Å². The summed E-state index contributed by atoms with van der Waals surface area (Å²) in [6.45, 7) is 0. The molecule has 0 N–H and O–H groups in total. The normalized spacial score (nSPS) is 11.7. The lowest BCUT2D eigenvalue weighted by Crippen LogP contribution is -2.11. The first-order valence-electron chi connectivity index (χ1n) is 16.7. The Morgan fingerprint density at radius 3 is 2.00 bits per heavy atom. The van der Waals surface area contributed by atoms with Crippen LogP contribution in [0, 0.1) is 0 Å². The van der Waals surface area contributed by atoms with E-state index in [1.807, 2.05) is 0 Å². The lowest BCUT2D eigenvalue weighted by Gasteiger charge is -2.28. The van der Waals surface area contributed by atoms with Crippen LogP contribution in [-0.4, -0.2) is 4.57 Å². The second-order valence-corrected chi connectivity index (χ2v) is 12.5. The van der Waals surface area contributed by atoms with Crippen molar-refractivity contribution in [1.82, 2.24) is 4.57 Å². The first-order valence-corrected chi connectivity index (χ1v) is 16.7. The van der Waals surface area contributed by atoms with Crippen molar-refractivity contribution in [2.45, 2.75) is 0 Å². The molecule has 0 radical (unpaired) electrons. The quantitative estimate of drug-likeness (QED) is 0.190. The molecule has 3 nitrogen and oxygen atoms in total. The van der Waals surface area contributed by atoms with E-state index in [4.69, 9.17) is 4.42 Å². The lowest BCUT2D eigenvalue weighted by atomic mass is 10.0. The topological polar surface area (TPSA) is 21.3 Å². The van der Waals surface area contributed by atoms with Gasteiger partial charge in [0.25, 0.3) is 0 Å². The minimum atomic E-state index is 0.864. The maximum atomic E-state index is 6.84. The van der Waals surface area contributed by atoms with Crippen LogP contribution in [0.5, 0.6) is 0 Å². The van der Waals surface area contributed by atoms with E-state index in [2.05, 4.69) is 191 Å². The predicted octanol–water partition coefficient (Wildman–Crippen LogP) is 13.0. The summed E-state index contributed by atoms with van der Waals surface area (Å²) in [6, 6.07) is 64.8. The van der Waals surface area contributed by atoms with Gasteiger partial charge in [-0.2, -0.15) is 0 Å². The van der Waals surface area contributed by atoms with E-state index in [9.17, 15) is 0 Å². The van der Waals surface area contributed by atoms with Gasteiger partial charge in [-0.25, -0.2) is 0 Å². The van der Waals surface area contributed by atoms with Gasteiger partial charge in [0, 0.05) is 38.5 Å². The molecule has 49 heavy (non-hydrogen) atoms. The SMILES string of the molecule is c1ccc(-c2ccccc2N(c2ccc3c(c2)c2ccccc2n3-c2ccccc2)c2cccc3c2oc2ccc4ccccc4c23)cc1. The number of hydrogen-bond donors (Lipinski definition) is 0. The standard InChI is InChI=1S/C46H30N2O/c1-3-14-31(15-4-1)35-19-9-11-23-40(35)48(43-25-13-22-38-45-36-20-8-7-16-32(36)26-29-44(45)49-46(38)43)34-27-28-42-39(30-34)37-21-10-12-24-41(37)47(42)33-17-5-2-6-18-33/h1-30H. The van der Waals surface area contributed by atoms with E-state index in [0.29, 0.717) is 0 Å². The number of nitrogens with zero attached hydrogens (tertiary/aromatic N) is 2. The third-order valence-electron chi connectivity index (χ3n) is 9.77. The summed E-state index contributed by atoms with van der Waals surface area (Å²) < 4.78 is 9.20. The third-order valence-corrected chi connectivity index (χ3v) is 9.77. The maximum absolute atomic E-state index is 6.84. The Hall–Kier alpha value is -6.58. The van der Waals surface area contributed by atoms with E-state index in [0.717, 1.165) is 55.8 Å². The number of fused-ring (bicyclic) bond motifs is 8. The van der Waals surface area contributed by atoms with Crippen LogP contribution < -0.4 is 4.90 Å². The van der Waals surface area contributed by atoms with E-state index >= 15 is 0 Å². The van der Waals surface area contributed by atoms with Gasteiger partial charge >= 0.3 is 0 Å². The fourth-order valence-corrected chi connectivity index (χ4v) is 7.62. The van der Waals surface area contributed by atoms with Gasteiger partial charge in [-0.05, 0) is 70.9 Å². The Morgan fingerprint density at radius 1 is 0.449 bits per heavy atom. The molecule has 2 aromatic heterocycles. The van der Waals surface area contributed by atoms with Gasteiger partial charge in [-0.1, -0.05) is 127 Å².